The number of ether oxygens (including phenoxy) is 1. The second kappa shape index (κ2) is 10.8. The molecule has 2 amide bonds. The summed E-state index contributed by atoms with van der Waals surface area (Å²) in [5, 5.41) is 3.26. The van der Waals surface area contributed by atoms with E-state index in [4.69, 9.17) is 4.74 Å². The summed E-state index contributed by atoms with van der Waals surface area (Å²) in [5.41, 5.74) is 1.78. The molecule has 1 saturated heterocycles. The summed E-state index contributed by atoms with van der Waals surface area (Å²) >= 11 is 0. The van der Waals surface area contributed by atoms with Crippen LogP contribution in [0.25, 0.3) is 0 Å². The van der Waals surface area contributed by atoms with Crippen molar-refractivity contribution in [3.8, 4) is 5.75 Å². The van der Waals surface area contributed by atoms with Crippen LogP contribution in [0.3, 0.4) is 0 Å². The summed E-state index contributed by atoms with van der Waals surface area (Å²) in [7, 11) is 1.60. The molecule has 1 aliphatic heterocycles. The molecule has 0 radical (unpaired) electrons. The number of methoxy groups -OCH3 is 1. The molecule has 2 aromatic rings. The van der Waals surface area contributed by atoms with Crippen LogP contribution in [0.4, 0.5) is 0 Å². The van der Waals surface area contributed by atoms with Crippen LogP contribution in [0.2, 0.25) is 0 Å². The van der Waals surface area contributed by atoms with Crippen molar-refractivity contribution in [3.63, 3.8) is 0 Å². The fraction of sp³-hybridized carbons (Fsp3) is 0.417. The fourth-order valence-electron chi connectivity index (χ4n) is 3.71. The smallest absolute Gasteiger partial charge is 0.253 e. The Kier molecular flexibility index (Phi) is 7.85. The predicted molar refractivity (Wildman–Crippen MR) is 118 cm³/mol. The summed E-state index contributed by atoms with van der Waals surface area (Å²) in [6.45, 7) is 6.18. The number of carbonyl (C=O) groups is 2. The van der Waals surface area contributed by atoms with Crippen molar-refractivity contribution in [1.82, 2.24) is 15.1 Å². The van der Waals surface area contributed by atoms with Gasteiger partial charge in [-0.2, -0.15) is 0 Å². The Morgan fingerprint density at radius 3 is 2.37 bits per heavy atom. The van der Waals surface area contributed by atoms with Gasteiger partial charge in [0, 0.05) is 51.3 Å². The minimum absolute atomic E-state index is 0.0615. The Labute approximate surface area is 178 Å². The molecule has 1 heterocycles. The molecule has 1 N–H and O–H groups in total. The predicted octanol–water partition coefficient (Wildman–Crippen LogP) is 2.76. The molecule has 6 heteroatoms. The minimum Gasteiger partial charge on any atom is -0.497 e. The molecule has 3 rings (SSSR count). The second-order valence-electron chi connectivity index (χ2n) is 7.67. The number of hydrogen-bond acceptors (Lipinski definition) is 4. The molecule has 1 fully saturated rings. The Balaban J connectivity index is 1.71. The van der Waals surface area contributed by atoms with E-state index in [2.05, 4.69) is 24.4 Å². The lowest BCUT2D eigenvalue weighted by Gasteiger charge is -2.30. The van der Waals surface area contributed by atoms with Crippen LogP contribution in [-0.4, -0.2) is 68.0 Å². The molecule has 0 spiro atoms. The van der Waals surface area contributed by atoms with Gasteiger partial charge in [-0.3, -0.25) is 9.59 Å². The summed E-state index contributed by atoms with van der Waals surface area (Å²) < 4.78 is 5.20. The van der Waals surface area contributed by atoms with Crippen molar-refractivity contribution >= 4 is 11.8 Å². The number of hydrogen-bond donors (Lipinski definition) is 1. The highest BCUT2D eigenvalue weighted by Gasteiger charge is 2.22. The lowest BCUT2D eigenvalue weighted by molar-refractivity contribution is -0.131. The molecule has 30 heavy (non-hydrogen) atoms. The van der Waals surface area contributed by atoms with E-state index < -0.39 is 0 Å². The van der Waals surface area contributed by atoms with Crippen molar-refractivity contribution in [3.05, 3.63) is 65.7 Å². The standard InChI is InChI=1S/C24H31N3O3/c1-19(20-6-4-3-5-7-20)18-27(15-12-23(28)26-16-13-25-14-17-26)24(29)21-8-10-22(30-2)11-9-21/h3-11,19,25H,12-18H2,1-2H3/t19-/m0/s1. The van der Waals surface area contributed by atoms with Gasteiger partial charge >= 0.3 is 0 Å². The van der Waals surface area contributed by atoms with Gasteiger partial charge < -0.3 is 19.9 Å². The number of amides is 2. The lowest BCUT2D eigenvalue weighted by atomic mass is 10.00. The zero-order valence-electron chi connectivity index (χ0n) is 17.8. The van der Waals surface area contributed by atoms with Gasteiger partial charge in [0.05, 0.1) is 7.11 Å². The SMILES string of the molecule is COc1ccc(C(=O)N(CCC(=O)N2CCNCC2)C[C@H](C)c2ccccc2)cc1. The maximum Gasteiger partial charge on any atom is 0.253 e. The van der Waals surface area contributed by atoms with Crippen LogP contribution >= 0.6 is 0 Å². The number of nitrogens with one attached hydrogen (secondary N) is 1. The highest BCUT2D eigenvalue weighted by molar-refractivity contribution is 5.94. The molecule has 160 valence electrons. The van der Waals surface area contributed by atoms with Crippen LogP contribution in [0.1, 0.15) is 35.2 Å². The maximum atomic E-state index is 13.3. The van der Waals surface area contributed by atoms with E-state index in [0.717, 1.165) is 26.2 Å². The average Bonchev–Trinajstić information content (AvgIpc) is 2.82. The van der Waals surface area contributed by atoms with Gasteiger partial charge in [0.1, 0.15) is 5.75 Å². The molecule has 0 unspecified atom stereocenters. The Morgan fingerprint density at radius 2 is 1.73 bits per heavy atom. The molecular weight excluding hydrogens is 378 g/mol. The van der Waals surface area contributed by atoms with Crippen molar-refractivity contribution in [2.45, 2.75) is 19.3 Å². The molecular formula is C24H31N3O3. The van der Waals surface area contributed by atoms with Gasteiger partial charge in [0.2, 0.25) is 5.91 Å². The van der Waals surface area contributed by atoms with E-state index >= 15 is 0 Å². The van der Waals surface area contributed by atoms with Crippen LogP contribution in [0, 0.1) is 0 Å². The first-order valence-electron chi connectivity index (χ1n) is 10.5. The number of piperazine rings is 1. The van der Waals surface area contributed by atoms with E-state index in [1.807, 2.05) is 23.1 Å². The van der Waals surface area contributed by atoms with E-state index in [0.29, 0.717) is 30.8 Å². The van der Waals surface area contributed by atoms with Gasteiger partial charge in [-0.1, -0.05) is 37.3 Å². The monoisotopic (exact) mass is 409 g/mol. The van der Waals surface area contributed by atoms with E-state index in [1.54, 1.807) is 36.3 Å². The summed E-state index contributed by atoms with van der Waals surface area (Å²) in [5.74, 6) is 0.928. The first kappa shape index (κ1) is 21.8. The number of nitrogens with zero attached hydrogens (tertiary/aromatic N) is 2. The first-order chi connectivity index (χ1) is 14.6. The van der Waals surface area contributed by atoms with Gasteiger partial charge in [-0.25, -0.2) is 0 Å². The number of carbonyl (C=O) groups excluding carboxylic acids is 2. The molecule has 0 aromatic heterocycles. The Hall–Kier alpha value is -2.86. The van der Waals surface area contributed by atoms with E-state index in [1.165, 1.54) is 5.56 Å². The zero-order valence-corrected chi connectivity index (χ0v) is 17.8. The fourth-order valence-corrected chi connectivity index (χ4v) is 3.71. The molecule has 6 nitrogen and oxygen atoms in total. The third-order valence-corrected chi connectivity index (χ3v) is 5.55. The largest absolute Gasteiger partial charge is 0.497 e. The zero-order chi connectivity index (χ0) is 21.3. The average molecular weight is 410 g/mol. The third-order valence-electron chi connectivity index (χ3n) is 5.55. The highest BCUT2D eigenvalue weighted by Crippen LogP contribution is 2.19. The van der Waals surface area contributed by atoms with Crippen LogP contribution in [0.15, 0.2) is 54.6 Å². The normalized spacial score (nSPS) is 14.8. The number of rotatable bonds is 8. The van der Waals surface area contributed by atoms with Crippen LogP contribution in [-0.2, 0) is 4.79 Å². The van der Waals surface area contributed by atoms with Crippen LogP contribution < -0.4 is 10.1 Å². The van der Waals surface area contributed by atoms with E-state index in [9.17, 15) is 9.59 Å². The molecule has 0 saturated carbocycles. The first-order valence-corrected chi connectivity index (χ1v) is 10.5. The molecule has 1 atom stereocenters. The van der Waals surface area contributed by atoms with Gasteiger partial charge in [-0.15, -0.1) is 0 Å². The summed E-state index contributed by atoms with van der Waals surface area (Å²) in [4.78, 5) is 29.6. The summed E-state index contributed by atoms with van der Waals surface area (Å²) in [6.07, 6.45) is 0.337. The quantitative estimate of drug-likeness (QED) is 0.728. The molecule has 0 aliphatic carbocycles. The Morgan fingerprint density at radius 1 is 1.07 bits per heavy atom. The van der Waals surface area contributed by atoms with Gasteiger partial charge in [-0.05, 0) is 35.7 Å². The minimum atomic E-state index is -0.0615. The van der Waals surface area contributed by atoms with Crippen molar-refractivity contribution in [1.29, 1.82) is 0 Å². The summed E-state index contributed by atoms with van der Waals surface area (Å²) in [6, 6.07) is 17.3. The topological polar surface area (TPSA) is 61.9 Å². The highest BCUT2D eigenvalue weighted by atomic mass is 16.5. The van der Waals surface area contributed by atoms with Crippen molar-refractivity contribution in [2.75, 3.05) is 46.4 Å². The van der Waals surface area contributed by atoms with E-state index in [-0.39, 0.29) is 17.7 Å². The molecule has 2 aromatic carbocycles. The maximum absolute atomic E-state index is 13.3. The van der Waals surface area contributed by atoms with Gasteiger partial charge in [0.25, 0.3) is 5.91 Å². The van der Waals surface area contributed by atoms with Gasteiger partial charge in [0.15, 0.2) is 0 Å². The van der Waals surface area contributed by atoms with Crippen molar-refractivity contribution in [2.24, 2.45) is 0 Å². The van der Waals surface area contributed by atoms with Crippen molar-refractivity contribution < 1.29 is 14.3 Å². The Bertz CT molecular complexity index is 817. The molecule has 0 bridgehead atoms. The van der Waals surface area contributed by atoms with Crippen LogP contribution in [0.5, 0.6) is 5.75 Å². The number of benzene rings is 2. The molecule has 1 aliphatic rings. The lowest BCUT2D eigenvalue weighted by Crippen LogP contribution is -2.47. The second-order valence-corrected chi connectivity index (χ2v) is 7.67. The third kappa shape index (κ3) is 5.83.